The Kier molecular flexibility index (Phi) is 7.77. The first-order valence-corrected chi connectivity index (χ1v) is 10.0. The van der Waals surface area contributed by atoms with Crippen LogP contribution in [0.25, 0.3) is 0 Å². The molecule has 0 amide bonds. The van der Waals surface area contributed by atoms with Gasteiger partial charge in [-0.1, -0.05) is 35.5 Å². The van der Waals surface area contributed by atoms with E-state index in [4.69, 9.17) is 16.3 Å². The lowest BCUT2D eigenvalue weighted by Crippen LogP contribution is -2.40. The van der Waals surface area contributed by atoms with Gasteiger partial charge in [-0.15, -0.1) is 0 Å². The maximum Gasteiger partial charge on any atom is 0.336 e. The quantitative estimate of drug-likeness (QED) is 0.283. The fourth-order valence-electron chi connectivity index (χ4n) is 3.13. The zero-order valence-electron chi connectivity index (χ0n) is 15.8. The molecule has 0 bridgehead atoms. The number of ether oxygens (including phenoxy) is 1. The van der Waals surface area contributed by atoms with Crippen molar-refractivity contribution < 1.29 is 19.2 Å². The largest absolute Gasteiger partial charge is 0.462 e. The number of nitro groups is 1. The van der Waals surface area contributed by atoms with Crippen LogP contribution in [0.2, 0.25) is 5.02 Å². The van der Waals surface area contributed by atoms with E-state index in [1.165, 1.54) is 6.92 Å². The summed E-state index contributed by atoms with van der Waals surface area (Å²) in [5.74, 6) is -0.948. The summed E-state index contributed by atoms with van der Waals surface area (Å²) in [6, 6.07) is 5.49. The summed E-state index contributed by atoms with van der Waals surface area (Å²) in [5.41, 5.74) is 1.43. The molecule has 0 saturated carbocycles. The second-order valence-electron chi connectivity index (χ2n) is 6.34. The minimum absolute atomic E-state index is 0.00295. The van der Waals surface area contributed by atoms with E-state index in [2.05, 4.69) is 4.99 Å². The van der Waals surface area contributed by atoms with Crippen LogP contribution in [0, 0.1) is 10.1 Å². The van der Waals surface area contributed by atoms with E-state index in [1.54, 1.807) is 38.1 Å². The van der Waals surface area contributed by atoms with E-state index in [9.17, 15) is 19.7 Å². The van der Waals surface area contributed by atoms with E-state index in [-0.39, 0.29) is 17.3 Å². The van der Waals surface area contributed by atoms with Gasteiger partial charge in [-0.05, 0) is 38.0 Å². The smallest absolute Gasteiger partial charge is 0.336 e. The van der Waals surface area contributed by atoms with Gasteiger partial charge in [-0.2, -0.15) is 0 Å². The summed E-state index contributed by atoms with van der Waals surface area (Å²) in [7, 11) is 0. The van der Waals surface area contributed by atoms with Crippen molar-refractivity contribution in [3.63, 3.8) is 0 Å². The zero-order chi connectivity index (χ0) is 20.8. The number of thioether (sulfide) groups is 1. The highest BCUT2D eigenvalue weighted by Crippen LogP contribution is 2.37. The van der Waals surface area contributed by atoms with Gasteiger partial charge in [0.2, 0.25) is 0 Å². The predicted octanol–water partition coefficient (Wildman–Crippen LogP) is 4.03. The number of halogens is 1. The minimum atomic E-state index is -1.18. The standard InChI is InChI=1S/C19H21ClN2O5S/c1-11-16(19(24)27-8-5-9-28-13(3)23)17(14-6-4-7-15(20)10-14)18(22(25)26)12(2)21-11/h4,6-7,10,17-18H,5,8-9H2,1-3H3. The second kappa shape index (κ2) is 9.84. The van der Waals surface area contributed by atoms with Crippen LogP contribution in [0.5, 0.6) is 0 Å². The highest BCUT2D eigenvalue weighted by Gasteiger charge is 2.44. The molecule has 28 heavy (non-hydrogen) atoms. The number of nitrogens with zero attached hydrogens (tertiary/aromatic N) is 2. The van der Waals surface area contributed by atoms with Gasteiger partial charge in [-0.3, -0.25) is 19.9 Å². The average molecular weight is 425 g/mol. The van der Waals surface area contributed by atoms with Crippen molar-refractivity contribution in [3.05, 3.63) is 56.2 Å². The van der Waals surface area contributed by atoms with E-state index in [0.717, 1.165) is 11.8 Å². The molecule has 9 heteroatoms. The third kappa shape index (κ3) is 5.42. The molecule has 0 fully saturated rings. The number of allylic oxidation sites excluding steroid dienone is 1. The van der Waals surface area contributed by atoms with Crippen LogP contribution in [-0.4, -0.2) is 40.1 Å². The first-order valence-electron chi connectivity index (χ1n) is 8.67. The lowest BCUT2D eigenvalue weighted by atomic mass is 9.80. The van der Waals surface area contributed by atoms with E-state index >= 15 is 0 Å². The molecule has 0 spiro atoms. The van der Waals surface area contributed by atoms with Crippen molar-refractivity contribution in [2.24, 2.45) is 4.99 Å². The normalized spacial score (nSPS) is 19.2. The summed E-state index contributed by atoms with van der Waals surface area (Å²) >= 11 is 7.23. The topological polar surface area (TPSA) is 98.9 Å². The number of benzene rings is 1. The first-order chi connectivity index (χ1) is 13.2. The predicted molar refractivity (Wildman–Crippen MR) is 109 cm³/mol. The third-order valence-electron chi connectivity index (χ3n) is 4.27. The molecule has 1 aromatic carbocycles. The summed E-state index contributed by atoms with van der Waals surface area (Å²) in [6.45, 7) is 4.81. The summed E-state index contributed by atoms with van der Waals surface area (Å²) < 4.78 is 5.33. The van der Waals surface area contributed by atoms with Gasteiger partial charge in [0.05, 0.1) is 23.8 Å². The molecule has 2 atom stereocenters. The molecule has 1 aliphatic heterocycles. The van der Waals surface area contributed by atoms with Gasteiger partial charge in [-0.25, -0.2) is 4.79 Å². The van der Waals surface area contributed by atoms with Crippen molar-refractivity contribution >= 4 is 40.2 Å². The van der Waals surface area contributed by atoms with Gasteiger partial charge in [0.25, 0.3) is 6.04 Å². The summed E-state index contributed by atoms with van der Waals surface area (Å²) in [6.07, 6.45) is 0.505. The lowest BCUT2D eigenvalue weighted by molar-refractivity contribution is -0.505. The molecule has 1 aliphatic rings. The third-order valence-corrected chi connectivity index (χ3v) is 5.41. The molecule has 2 rings (SSSR count). The van der Waals surface area contributed by atoms with Crippen molar-refractivity contribution in [2.45, 2.75) is 39.2 Å². The molecule has 2 unspecified atom stereocenters. The van der Waals surface area contributed by atoms with Crippen molar-refractivity contribution in [1.82, 2.24) is 0 Å². The molecule has 1 aromatic rings. The maximum absolute atomic E-state index is 12.8. The number of carbonyl (C=O) groups is 2. The van der Waals surface area contributed by atoms with Crippen LogP contribution in [0.3, 0.4) is 0 Å². The Balaban J connectivity index is 2.31. The molecule has 0 aromatic heterocycles. The monoisotopic (exact) mass is 424 g/mol. The summed E-state index contributed by atoms with van der Waals surface area (Å²) in [4.78, 5) is 39.3. The van der Waals surface area contributed by atoms with Crippen LogP contribution < -0.4 is 0 Å². The van der Waals surface area contributed by atoms with Gasteiger partial charge in [0, 0.05) is 28.3 Å². The van der Waals surface area contributed by atoms with Crippen LogP contribution >= 0.6 is 23.4 Å². The number of aliphatic imine (C=N–C) groups is 1. The summed E-state index contributed by atoms with van der Waals surface area (Å²) in [5, 5.41) is 12.2. The van der Waals surface area contributed by atoms with Crippen LogP contribution in [-0.2, 0) is 14.3 Å². The van der Waals surface area contributed by atoms with E-state index < -0.39 is 22.9 Å². The molecule has 150 valence electrons. The molecule has 7 nitrogen and oxygen atoms in total. The maximum atomic E-state index is 12.8. The number of hydrogen-bond donors (Lipinski definition) is 0. The van der Waals surface area contributed by atoms with Crippen molar-refractivity contribution in [2.75, 3.05) is 12.4 Å². The molecular formula is C19H21ClN2O5S. The van der Waals surface area contributed by atoms with Crippen molar-refractivity contribution in [3.8, 4) is 0 Å². The average Bonchev–Trinajstić information content (AvgIpc) is 2.59. The number of carbonyl (C=O) groups excluding carboxylic acids is 2. The highest BCUT2D eigenvalue weighted by molar-refractivity contribution is 8.13. The van der Waals surface area contributed by atoms with Gasteiger partial charge in [0.1, 0.15) is 0 Å². The second-order valence-corrected chi connectivity index (χ2v) is 8.05. The minimum Gasteiger partial charge on any atom is -0.462 e. The SMILES string of the molecule is CC(=O)SCCCOC(=O)C1=C(C)N=C(C)C([N+](=O)[O-])C1c1cccc(Cl)c1. The molecule has 0 aliphatic carbocycles. The van der Waals surface area contributed by atoms with Gasteiger partial charge < -0.3 is 4.74 Å². The fraction of sp³-hybridized carbons (Fsp3) is 0.421. The van der Waals surface area contributed by atoms with Crippen LogP contribution in [0.1, 0.15) is 38.7 Å². The van der Waals surface area contributed by atoms with Gasteiger partial charge >= 0.3 is 5.97 Å². The number of hydrogen-bond acceptors (Lipinski definition) is 7. The molecule has 0 radical (unpaired) electrons. The fourth-order valence-corrected chi connectivity index (χ4v) is 3.88. The molecular weight excluding hydrogens is 404 g/mol. The Morgan fingerprint density at radius 3 is 2.68 bits per heavy atom. The van der Waals surface area contributed by atoms with Gasteiger partial charge in [0.15, 0.2) is 5.12 Å². The highest BCUT2D eigenvalue weighted by atomic mass is 35.5. The van der Waals surface area contributed by atoms with Crippen LogP contribution in [0.4, 0.5) is 0 Å². The first kappa shape index (κ1) is 22.1. The number of esters is 1. The Morgan fingerprint density at radius 2 is 2.07 bits per heavy atom. The molecule has 0 saturated heterocycles. The van der Waals surface area contributed by atoms with Crippen LogP contribution in [0.15, 0.2) is 40.5 Å². The Labute approximate surface area is 172 Å². The molecule has 0 N–H and O–H groups in total. The molecule has 1 heterocycles. The lowest BCUT2D eigenvalue weighted by Gasteiger charge is -2.27. The van der Waals surface area contributed by atoms with E-state index in [0.29, 0.717) is 34.2 Å². The number of rotatable bonds is 7. The Morgan fingerprint density at radius 1 is 1.36 bits per heavy atom. The van der Waals surface area contributed by atoms with Crippen molar-refractivity contribution in [1.29, 1.82) is 0 Å². The Bertz CT molecular complexity index is 852. The van der Waals surface area contributed by atoms with E-state index in [1.807, 2.05) is 0 Å². The Hall–Kier alpha value is -2.19. The zero-order valence-corrected chi connectivity index (χ0v) is 17.4.